The maximum absolute atomic E-state index is 8.39. The molecule has 0 spiro atoms. The summed E-state index contributed by atoms with van der Waals surface area (Å²) in [6.07, 6.45) is 1.21. The van der Waals surface area contributed by atoms with Crippen molar-refractivity contribution in [3.8, 4) is 0 Å². The van der Waals surface area contributed by atoms with Gasteiger partial charge in [-0.15, -0.1) is 0 Å². The van der Waals surface area contributed by atoms with Crippen LogP contribution in [-0.4, -0.2) is 11.9 Å². The van der Waals surface area contributed by atoms with E-state index in [9.17, 15) is 0 Å². The summed E-state index contributed by atoms with van der Waals surface area (Å²) in [5.41, 5.74) is 18.1. The molecule has 2 aliphatic heterocycles. The largest absolute Gasteiger partial charge is 0.396 e. The number of rotatable bonds is 9. The molecule has 0 saturated heterocycles. The monoisotopic (exact) mass is 760 g/mol. The Bertz CT molecular complexity index is 2580. The quantitative estimate of drug-likeness (QED) is 0.100. The first kappa shape index (κ1) is 35.0. The van der Waals surface area contributed by atoms with E-state index in [-0.39, 0.29) is 0 Å². The maximum atomic E-state index is 8.39. The molecule has 0 radical (unpaired) electrons. The molecule has 0 amide bonds. The Morgan fingerprint density at radius 2 is 0.929 bits per heavy atom. The zero-order valence-electron chi connectivity index (χ0n) is 30.3. The van der Waals surface area contributed by atoms with Gasteiger partial charge in [-0.3, -0.25) is 0 Å². The first-order chi connectivity index (χ1) is 27.6. The van der Waals surface area contributed by atoms with Crippen molar-refractivity contribution in [2.75, 3.05) is 15.1 Å². The van der Waals surface area contributed by atoms with Gasteiger partial charge in [0.15, 0.2) is 0 Å². The van der Waals surface area contributed by atoms with Crippen LogP contribution in [-0.2, 0) is 0 Å². The van der Waals surface area contributed by atoms with E-state index >= 15 is 0 Å². The Kier molecular flexibility index (Phi) is 9.49. The normalized spacial score (nSPS) is 13.4. The molecule has 0 aromatic heterocycles. The van der Waals surface area contributed by atoms with E-state index < -0.39 is 0 Å². The fraction of sp³-hybridized carbons (Fsp3) is 0. The molecule has 6 nitrogen and oxygen atoms in total. The van der Waals surface area contributed by atoms with Gasteiger partial charge in [0.05, 0.1) is 39.8 Å². The minimum Gasteiger partial charge on any atom is -0.396 e. The fourth-order valence-electron chi connectivity index (χ4n) is 7.01. The molecule has 0 fully saturated rings. The van der Waals surface area contributed by atoms with Gasteiger partial charge in [-0.1, -0.05) is 121 Å². The van der Waals surface area contributed by atoms with E-state index in [2.05, 4.69) is 155 Å². The van der Waals surface area contributed by atoms with Crippen LogP contribution in [0.3, 0.4) is 0 Å². The predicted molar refractivity (Wildman–Crippen MR) is 237 cm³/mol. The number of aliphatic imine (C=N–C) groups is 1. The van der Waals surface area contributed by atoms with Crippen molar-refractivity contribution in [2.24, 2.45) is 10.7 Å². The van der Waals surface area contributed by atoms with Crippen LogP contribution in [0, 0.1) is 5.41 Å². The van der Waals surface area contributed by atoms with E-state index in [4.69, 9.17) is 16.1 Å². The van der Waals surface area contributed by atoms with Gasteiger partial charge in [-0.05, 0) is 90.5 Å². The first-order valence-corrected chi connectivity index (χ1v) is 19.8. The Morgan fingerprint density at radius 3 is 1.36 bits per heavy atom. The molecular formula is C48H36N6S2. The van der Waals surface area contributed by atoms with Crippen LogP contribution in [0.2, 0.25) is 0 Å². The summed E-state index contributed by atoms with van der Waals surface area (Å²) in [6, 6.07) is 60.3. The van der Waals surface area contributed by atoms with Crippen LogP contribution in [0.5, 0.6) is 0 Å². The highest BCUT2D eigenvalue weighted by Crippen LogP contribution is 2.52. The number of anilines is 7. The second-order valence-corrected chi connectivity index (χ2v) is 15.4. The van der Waals surface area contributed by atoms with Gasteiger partial charge in [0, 0.05) is 48.4 Å². The van der Waals surface area contributed by atoms with E-state index in [0.717, 1.165) is 50.9 Å². The van der Waals surface area contributed by atoms with Gasteiger partial charge in [-0.2, -0.15) is 0 Å². The Balaban J connectivity index is 1.12. The first-order valence-electron chi connectivity index (χ1n) is 18.2. The van der Waals surface area contributed by atoms with Gasteiger partial charge in [0.2, 0.25) is 0 Å². The minimum atomic E-state index is 0.363. The Labute approximate surface area is 335 Å². The van der Waals surface area contributed by atoms with Gasteiger partial charge in [0.1, 0.15) is 5.71 Å². The molecule has 0 unspecified atom stereocenters. The van der Waals surface area contributed by atoms with E-state index in [1.54, 1.807) is 23.5 Å². The summed E-state index contributed by atoms with van der Waals surface area (Å²) >= 11 is 3.57. The lowest BCUT2D eigenvalue weighted by Crippen LogP contribution is -2.15. The number of para-hydroxylation sites is 5. The topological polar surface area (TPSA) is 80.7 Å². The molecule has 0 aliphatic carbocycles. The van der Waals surface area contributed by atoms with Crippen molar-refractivity contribution in [3.63, 3.8) is 0 Å². The average Bonchev–Trinajstić information content (AvgIpc) is 3.25. The average molecular weight is 761 g/mol. The van der Waals surface area contributed by atoms with Gasteiger partial charge in [0.25, 0.3) is 0 Å². The third-order valence-electron chi connectivity index (χ3n) is 9.70. The lowest BCUT2D eigenvalue weighted by Gasteiger charge is -2.33. The third-order valence-corrected chi connectivity index (χ3v) is 12.0. The summed E-state index contributed by atoms with van der Waals surface area (Å²) in [4.78, 5) is 14.5. The molecule has 2 heterocycles. The lowest BCUT2D eigenvalue weighted by atomic mass is 10.0. The molecule has 9 rings (SSSR count). The molecule has 0 atom stereocenters. The molecule has 7 aromatic carbocycles. The smallest absolute Gasteiger partial charge is 0.104 e. The van der Waals surface area contributed by atoms with Crippen molar-refractivity contribution in [2.45, 2.75) is 19.6 Å². The Hall–Kier alpha value is -6.74. The van der Waals surface area contributed by atoms with Gasteiger partial charge < -0.3 is 26.3 Å². The zero-order valence-corrected chi connectivity index (χ0v) is 31.9. The van der Waals surface area contributed by atoms with E-state index in [1.807, 2.05) is 42.5 Å². The summed E-state index contributed by atoms with van der Waals surface area (Å²) < 4.78 is 0. The number of benzene rings is 7. The summed E-state index contributed by atoms with van der Waals surface area (Å²) in [6.45, 7) is 4.25. The van der Waals surface area contributed by atoms with E-state index in [0.29, 0.717) is 22.8 Å². The highest BCUT2D eigenvalue weighted by atomic mass is 32.2. The van der Waals surface area contributed by atoms with Crippen molar-refractivity contribution >= 4 is 86.7 Å². The lowest BCUT2D eigenvalue weighted by molar-refractivity contribution is 1.16. The van der Waals surface area contributed by atoms with Crippen LogP contribution >= 0.6 is 23.5 Å². The fourth-order valence-corrected chi connectivity index (χ4v) is 9.12. The number of fused-ring (bicyclic) bond motifs is 4. The molecule has 270 valence electrons. The number of nitrogens with zero attached hydrogens (tertiary/aromatic N) is 3. The van der Waals surface area contributed by atoms with Crippen molar-refractivity contribution in [1.29, 1.82) is 5.41 Å². The molecule has 2 aliphatic rings. The molecular weight excluding hydrogens is 725 g/mol. The standard InChI is InChI=1S/C48H36N6S2/c1-32(51-35-13-3-2-4-14-35)38(31-49)52-48(34-25-29-37(30-26-34)54-41-17-7-11-21-45(41)56-46-22-12-8-18-42(46)54)47(50)33-23-27-36(28-24-33)53-39-15-5-9-19-43(39)55-44-20-10-6-16-40(44)53/h2-31,49,51H,1,50H2/b48-47-,49-31?,52-38-. The molecule has 7 aromatic rings. The minimum absolute atomic E-state index is 0.363. The SMILES string of the molecule is C=C(Nc1ccccc1)/C(C=N)=N\C(=C(/N)c1ccc(N2c3ccccc3Sc3ccccc32)cc1)c1ccc(N2c3ccccc3Sc3ccccc32)cc1. The highest BCUT2D eigenvalue weighted by Gasteiger charge is 2.26. The van der Waals surface area contributed by atoms with Crippen molar-refractivity contribution < 1.29 is 0 Å². The van der Waals surface area contributed by atoms with Crippen LogP contribution in [0.25, 0.3) is 11.4 Å². The van der Waals surface area contributed by atoms with Crippen LogP contribution in [0.4, 0.5) is 39.8 Å². The molecule has 56 heavy (non-hydrogen) atoms. The molecule has 4 N–H and O–H groups in total. The third kappa shape index (κ3) is 6.66. The van der Waals surface area contributed by atoms with Crippen molar-refractivity contribution in [1.82, 2.24) is 0 Å². The number of nitrogens with two attached hydrogens (primary N) is 1. The van der Waals surface area contributed by atoms with Gasteiger partial charge >= 0.3 is 0 Å². The van der Waals surface area contributed by atoms with E-state index in [1.165, 1.54) is 25.8 Å². The number of hydrogen-bond acceptors (Lipinski definition) is 8. The molecule has 0 bridgehead atoms. The highest BCUT2D eigenvalue weighted by molar-refractivity contribution is 8.00. The summed E-state index contributed by atoms with van der Waals surface area (Å²) in [7, 11) is 0. The zero-order chi connectivity index (χ0) is 38.0. The molecule has 0 saturated carbocycles. The Morgan fingerprint density at radius 1 is 0.536 bits per heavy atom. The number of allylic oxidation sites excluding steroid dienone is 1. The number of nitrogens with one attached hydrogen (secondary N) is 2. The van der Waals surface area contributed by atoms with Crippen LogP contribution < -0.4 is 20.9 Å². The van der Waals surface area contributed by atoms with Crippen LogP contribution in [0.15, 0.2) is 213 Å². The van der Waals surface area contributed by atoms with Gasteiger partial charge in [-0.25, -0.2) is 4.99 Å². The second-order valence-electron chi connectivity index (χ2n) is 13.2. The van der Waals surface area contributed by atoms with Crippen molar-refractivity contribution in [3.05, 3.63) is 199 Å². The van der Waals surface area contributed by atoms with Crippen LogP contribution in [0.1, 0.15) is 11.1 Å². The number of hydrogen-bond donors (Lipinski definition) is 3. The molecule has 8 heteroatoms. The summed E-state index contributed by atoms with van der Waals surface area (Å²) in [5.74, 6) is 0. The maximum Gasteiger partial charge on any atom is 0.104 e. The second kappa shape index (κ2) is 15.2. The predicted octanol–water partition coefficient (Wildman–Crippen LogP) is 13.1. The summed E-state index contributed by atoms with van der Waals surface area (Å²) in [5, 5.41) is 11.7.